The Morgan fingerprint density at radius 1 is 1.10 bits per heavy atom. The molecule has 0 unspecified atom stereocenters. The number of fused-ring (bicyclic) bond motifs is 1. The number of benzene rings is 2. The Labute approximate surface area is 169 Å². The summed E-state index contributed by atoms with van der Waals surface area (Å²) >= 11 is 0. The molecule has 29 heavy (non-hydrogen) atoms. The van der Waals surface area contributed by atoms with E-state index in [0.717, 1.165) is 24.0 Å². The molecule has 3 rings (SSSR count). The van der Waals surface area contributed by atoms with Crippen LogP contribution < -0.4 is 11.0 Å². The molecule has 148 valence electrons. The summed E-state index contributed by atoms with van der Waals surface area (Å²) in [6.07, 6.45) is 5.29. The Kier molecular flexibility index (Phi) is 6.68. The summed E-state index contributed by atoms with van der Waals surface area (Å²) in [7, 11) is 0. The van der Waals surface area contributed by atoms with Crippen LogP contribution in [0.1, 0.15) is 42.7 Å². The van der Waals surface area contributed by atoms with Crippen molar-refractivity contribution in [3.8, 4) is 0 Å². The first-order valence-electron chi connectivity index (χ1n) is 9.66. The number of hydrogen-bond acceptors (Lipinski definition) is 4. The maximum Gasteiger partial charge on any atom is 0.292 e. The van der Waals surface area contributed by atoms with Gasteiger partial charge in [0.2, 0.25) is 0 Å². The minimum atomic E-state index is -0.449. The van der Waals surface area contributed by atoms with Gasteiger partial charge in [-0.1, -0.05) is 68.0 Å². The summed E-state index contributed by atoms with van der Waals surface area (Å²) in [5.41, 5.74) is 4.48. The number of amides is 1. The molecule has 0 aliphatic rings. The number of unbranched alkanes of at least 4 members (excludes halogenated alkanes) is 1. The number of rotatable bonds is 7. The molecular formula is C23H24N4O2. The molecule has 1 amide bonds. The van der Waals surface area contributed by atoms with Gasteiger partial charge in [-0.25, -0.2) is 10.1 Å². The third kappa shape index (κ3) is 5.04. The predicted molar refractivity (Wildman–Crippen MR) is 117 cm³/mol. The minimum Gasteiger partial charge on any atom is -0.267 e. The summed E-state index contributed by atoms with van der Waals surface area (Å²) in [6.45, 7) is 4.42. The number of nitrogens with zero attached hydrogens (tertiary/aromatic N) is 3. The molecule has 1 N–H and O–H groups in total. The highest BCUT2D eigenvalue weighted by Gasteiger charge is 2.16. The average molecular weight is 388 g/mol. The van der Waals surface area contributed by atoms with Crippen LogP contribution in [0, 0.1) is 0 Å². The monoisotopic (exact) mass is 388 g/mol. The van der Waals surface area contributed by atoms with E-state index in [4.69, 9.17) is 0 Å². The second-order valence-electron chi connectivity index (χ2n) is 6.77. The van der Waals surface area contributed by atoms with Crippen LogP contribution in [0.2, 0.25) is 0 Å². The molecule has 2 aromatic carbocycles. The Morgan fingerprint density at radius 3 is 2.52 bits per heavy atom. The van der Waals surface area contributed by atoms with E-state index >= 15 is 0 Å². The molecule has 0 bridgehead atoms. The molecule has 1 aromatic heterocycles. The van der Waals surface area contributed by atoms with E-state index in [2.05, 4.69) is 15.6 Å². The van der Waals surface area contributed by atoms with Gasteiger partial charge in [-0.15, -0.1) is 0 Å². The molecule has 6 heteroatoms. The third-order valence-corrected chi connectivity index (χ3v) is 4.43. The lowest BCUT2D eigenvalue weighted by molar-refractivity contribution is 0.0949. The third-order valence-electron chi connectivity index (χ3n) is 4.43. The molecule has 0 aliphatic carbocycles. The van der Waals surface area contributed by atoms with Crippen molar-refractivity contribution in [2.75, 3.05) is 0 Å². The van der Waals surface area contributed by atoms with E-state index in [9.17, 15) is 9.59 Å². The SMILES string of the molecule is CCCCn1nc(C(=O)N/N=C/C(C)=C/c2ccccc2)c2ccccc2c1=O. The van der Waals surface area contributed by atoms with Crippen LogP contribution in [-0.4, -0.2) is 21.9 Å². The van der Waals surface area contributed by atoms with Crippen molar-refractivity contribution in [2.24, 2.45) is 5.10 Å². The normalized spacial score (nSPS) is 11.9. The lowest BCUT2D eigenvalue weighted by atomic mass is 10.1. The molecule has 0 saturated heterocycles. The first-order valence-corrected chi connectivity index (χ1v) is 9.66. The molecule has 0 saturated carbocycles. The first-order chi connectivity index (χ1) is 14.1. The first kappa shape index (κ1) is 20.2. The van der Waals surface area contributed by atoms with Gasteiger partial charge in [0, 0.05) is 11.9 Å². The number of aromatic nitrogens is 2. The zero-order chi connectivity index (χ0) is 20.6. The van der Waals surface area contributed by atoms with Gasteiger partial charge in [0.1, 0.15) is 0 Å². The van der Waals surface area contributed by atoms with Gasteiger partial charge in [0.25, 0.3) is 11.5 Å². The van der Waals surface area contributed by atoms with Crippen molar-refractivity contribution in [2.45, 2.75) is 33.2 Å². The maximum atomic E-state index is 12.7. The quantitative estimate of drug-likeness (QED) is 0.491. The summed E-state index contributed by atoms with van der Waals surface area (Å²) < 4.78 is 1.37. The fourth-order valence-electron chi connectivity index (χ4n) is 2.96. The van der Waals surface area contributed by atoms with Gasteiger partial charge in [-0.05, 0) is 30.5 Å². The highest BCUT2D eigenvalue weighted by molar-refractivity contribution is 6.05. The van der Waals surface area contributed by atoms with Gasteiger partial charge in [0.15, 0.2) is 5.69 Å². The van der Waals surface area contributed by atoms with E-state index < -0.39 is 5.91 Å². The Morgan fingerprint density at radius 2 is 1.79 bits per heavy atom. The molecule has 0 spiro atoms. The lowest BCUT2D eigenvalue weighted by Crippen LogP contribution is -2.29. The fraction of sp³-hybridized carbons (Fsp3) is 0.217. The van der Waals surface area contributed by atoms with Crippen LogP contribution in [0.25, 0.3) is 16.8 Å². The van der Waals surface area contributed by atoms with Gasteiger partial charge >= 0.3 is 0 Å². The van der Waals surface area contributed by atoms with Crippen molar-refractivity contribution in [3.63, 3.8) is 0 Å². The Bertz CT molecular complexity index is 1110. The molecule has 0 aliphatic heterocycles. The van der Waals surface area contributed by atoms with Gasteiger partial charge in [0.05, 0.1) is 11.6 Å². The van der Waals surface area contributed by atoms with Crippen molar-refractivity contribution in [3.05, 3.63) is 81.8 Å². The average Bonchev–Trinajstić information content (AvgIpc) is 2.74. The molecule has 6 nitrogen and oxygen atoms in total. The van der Waals surface area contributed by atoms with Crippen LogP contribution in [0.4, 0.5) is 0 Å². The minimum absolute atomic E-state index is 0.184. The van der Waals surface area contributed by atoms with Crippen molar-refractivity contribution in [1.29, 1.82) is 0 Å². The zero-order valence-corrected chi connectivity index (χ0v) is 16.6. The molecule has 3 aromatic rings. The van der Waals surface area contributed by atoms with Crippen molar-refractivity contribution >= 4 is 29.0 Å². The maximum absolute atomic E-state index is 12.7. The number of carbonyl (C=O) groups is 1. The van der Waals surface area contributed by atoms with Gasteiger partial charge < -0.3 is 0 Å². The number of aryl methyl sites for hydroxylation is 1. The molecule has 0 atom stereocenters. The summed E-state index contributed by atoms with van der Waals surface area (Å²) in [5, 5.41) is 9.35. The fourth-order valence-corrected chi connectivity index (χ4v) is 2.96. The summed E-state index contributed by atoms with van der Waals surface area (Å²) in [6, 6.07) is 16.9. The Balaban J connectivity index is 1.84. The number of hydrogen-bond donors (Lipinski definition) is 1. The van der Waals surface area contributed by atoms with Crippen LogP contribution in [0.3, 0.4) is 0 Å². The summed E-state index contributed by atoms with van der Waals surface area (Å²) in [5.74, 6) is -0.449. The van der Waals surface area contributed by atoms with Crippen molar-refractivity contribution in [1.82, 2.24) is 15.2 Å². The standard InChI is InChI=1S/C23H24N4O2/c1-3-4-14-27-23(29)20-13-9-8-12-19(20)21(26-27)22(28)25-24-16-17(2)15-18-10-6-5-7-11-18/h5-13,15-16H,3-4,14H2,1-2H3,(H,25,28)/b17-15+,24-16+. The highest BCUT2D eigenvalue weighted by atomic mass is 16.2. The molecule has 0 radical (unpaired) electrons. The van der Waals surface area contributed by atoms with Crippen LogP contribution in [0.5, 0.6) is 0 Å². The van der Waals surface area contributed by atoms with Crippen molar-refractivity contribution < 1.29 is 4.79 Å². The molecule has 1 heterocycles. The van der Waals surface area contributed by atoms with E-state index in [0.29, 0.717) is 17.3 Å². The number of allylic oxidation sites excluding steroid dienone is 1. The number of hydrazone groups is 1. The van der Waals surface area contributed by atoms with Crippen LogP contribution in [-0.2, 0) is 6.54 Å². The zero-order valence-electron chi connectivity index (χ0n) is 16.6. The second kappa shape index (κ2) is 9.59. The van der Waals surface area contributed by atoms with Crippen LogP contribution >= 0.6 is 0 Å². The smallest absolute Gasteiger partial charge is 0.267 e. The molecule has 0 fully saturated rings. The molecular weight excluding hydrogens is 364 g/mol. The van der Waals surface area contributed by atoms with Gasteiger partial charge in [-0.3, -0.25) is 9.59 Å². The Hall–Kier alpha value is -3.54. The van der Waals surface area contributed by atoms with E-state index in [1.165, 1.54) is 4.68 Å². The summed E-state index contributed by atoms with van der Waals surface area (Å²) in [4.78, 5) is 25.3. The van der Waals surface area contributed by atoms with E-state index in [1.54, 1.807) is 30.5 Å². The van der Waals surface area contributed by atoms with E-state index in [1.807, 2.05) is 50.3 Å². The van der Waals surface area contributed by atoms with Crippen LogP contribution in [0.15, 0.2) is 70.1 Å². The largest absolute Gasteiger partial charge is 0.292 e. The number of nitrogens with one attached hydrogen (secondary N) is 1. The van der Waals surface area contributed by atoms with Gasteiger partial charge in [-0.2, -0.15) is 10.2 Å². The predicted octanol–water partition coefficient (Wildman–Crippen LogP) is 4.02. The highest BCUT2D eigenvalue weighted by Crippen LogP contribution is 2.13. The second-order valence-corrected chi connectivity index (χ2v) is 6.77. The van der Waals surface area contributed by atoms with E-state index in [-0.39, 0.29) is 11.3 Å². The topological polar surface area (TPSA) is 76.3 Å². The lowest BCUT2D eigenvalue weighted by Gasteiger charge is -2.09. The number of carbonyl (C=O) groups excluding carboxylic acids is 1.